The van der Waals surface area contributed by atoms with E-state index in [-0.39, 0.29) is 15.3 Å². The Bertz CT molecular complexity index is 1010. The van der Waals surface area contributed by atoms with Crippen LogP contribution in [0.15, 0.2) is 27.5 Å². The molecule has 0 atom stereocenters. The molecule has 1 fully saturated rings. The van der Waals surface area contributed by atoms with Gasteiger partial charge in [-0.3, -0.25) is 0 Å². The van der Waals surface area contributed by atoms with Gasteiger partial charge in [-0.25, -0.2) is 0 Å². The van der Waals surface area contributed by atoms with E-state index in [1.807, 2.05) is 11.5 Å². The van der Waals surface area contributed by atoms with Crippen LogP contribution in [0.2, 0.25) is 10.0 Å². The molecule has 0 aliphatic heterocycles. The summed E-state index contributed by atoms with van der Waals surface area (Å²) in [6.07, 6.45) is 2.37. The number of sulfonamides is 1. The third-order valence-electron chi connectivity index (χ3n) is 4.35. The normalized spacial score (nSPS) is 16.3. The number of hydrogen-bond donors (Lipinski definition) is 0. The van der Waals surface area contributed by atoms with Crippen LogP contribution in [0, 0.1) is 12.8 Å². The van der Waals surface area contributed by atoms with Crippen LogP contribution in [-0.2, 0) is 22.0 Å². The lowest BCUT2D eigenvalue weighted by Crippen LogP contribution is -2.20. The fourth-order valence-electron chi connectivity index (χ4n) is 2.86. The Balaban J connectivity index is 2.17. The van der Waals surface area contributed by atoms with E-state index < -0.39 is 10.0 Å². The first-order valence-corrected chi connectivity index (χ1v) is 11.5. The molecule has 4 nitrogen and oxygen atoms in total. The van der Waals surface area contributed by atoms with Gasteiger partial charge in [-0.2, -0.15) is 8.42 Å². The molecule has 1 aromatic heterocycles. The molecule has 0 unspecified atom stereocenters. The molecule has 0 amide bonds. The third kappa shape index (κ3) is 4.19. The maximum absolute atomic E-state index is 12.9. The summed E-state index contributed by atoms with van der Waals surface area (Å²) in [6.45, 7) is 9.23. The zero-order valence-electron chi connectivity index (χ0n) is 15.2. The molecule has 1 saturated carbocycles. The fraction of sp³-hybridized carbons (Fsp3) is 0.500. The molecule has 0 N–H and O–H groups in total. The zero-order chi connectivity index (χ0) is 19.3. The van der Waals surface area contributed by atoms with E-state index >= 15 is 0 Å². The Kier molecular flexibility index (Phi) is 5.34. The highest BCUT2D eigenvalue weighted by Crippen LogP contribution is 2.34. The molecule has 0 spiro atoms. The van der Waals surface area contributed by atoms with Crippen LogP contribution in [0.4, 0.5) is 0 Å². The Morgan fingerprint density at radius 2 is 1.92 bits per heavy atom. The van der Waals surface area contributed by atoms with Crippen molar-refractivity contribution in [3.8, 4) is 0 Å². The van der Waals surface area contributed by atoms with Gasteiger partial charge in [0.1, 0.15) is 4.90 Å². The Morgan fingerprint density at radius 1 is 1.27 bits per heavy atom. The van der Waals surface area contributed by atoms with Gasteiger partial charge in [0.15, 0.2) is 0 Å². The minimum atomic E-state index is -3.92. The van der Waals surface area contributed by atoms with Crippen molar-refractivity contribution < 1.29 is 8.42 Å². The molecule has 1 aromatic carbocycles. The van der Waals surface area contributed by atoms with E-state index in [9.17, 15) is 8.42 Å². The quantitative estimate of drug-likeness (QED) is 0.669. The minimum Gasteiger partial charge on any atom is -0.320 e. The van der Waals surface area contributed by atoms with Crippen molar-refractivity contribution in [2.45, 2.75) is 57.4 Å². The first-order chi connectivity index (χ1) is 12.0. The van der Waals surface area contributed by atoms with Crippen LogP contribution >= 0.6 is 34.5 Å². The summed E-state index contributed by atoms with van der Waals surface area (Å²) in [5.41, 5.74) is 1.01. The molecule has 0 saturated heterocycles. The minimum absolute atomic E-state index is 0.0232. The largest absolute Gasteiger partial charge is 0.320 e. The molecule has 2 aromatic rings. The topological polar surface area (TPSA) is 51.4 Å². The van der Waals surface area contributed by atoms with E-state index in [2.05, 4.69) is 25.2 Å². The lowest BCUT2D eigenvalue weighted by Gasteiger charge is -2.17. The summed E-state index contributed by atoms with van der Waals surface area (Å²) in [5, 5.41) is 0.471. The van der Waals surface area contributed by atoms with Gasteiger partial charge >= 0.3 is 0 Å². The first-order valence-electron chi connectivity index (χ1n) is 8.46. The zero-order valence-corrected chi connectivity index (χ0v) is 18.4. The third-order valence-corrected chi connectivity index (χ3v) is 8.05. The van der Waals surface area contributed by atoms with Gasteiger partial charge in [0.25, 0.3) is 10.0 Å². The van der Waals surface area contributed by atoms with Gasteiger partial charge in [-0.1, -0.05) is 44.0 Å². The molecule has 142 valence electrons. The standard InChI is InChI=1S/C18H22Cl2N2O2S2/c1-11-16(18(2,3)4)25-17(22(11)10-12-5-6-12)21-26(23,24)15-8-7-13(19)9-14(15)20/h7-9,12H,5-6,10H2,1-4H3/b21-17-. The number of nitrogens with zero attached hydrogens (tertiary/aromatic N) is 2. The Hall–Kier alpha value is -0.820. The van der Waals surface area contributed by atoms with Gasteiger partial charge in [-0.05, 0) is 49.3 Å². The van der Waals surface area contributed by atoms with E-state index in [0.717, 1.165) is 17.1 Å². The van der Waals surface area contributed by atoms with Crippen LogP contribution in [0.3, 0.4) is 0 Å². The van der Waals surface area contributed by atoms with E-state index in [4.69, 9.17) is 23.2 Å². The summed E-state index contributed by atoms with van der Waals surface area (Å²) >= 11 is 13.4. The lowest BCUT2D eigenvalue weighted by atomic mass is 9.93. The van der Waals surface area contributed by atoms with E-state index in [1.165, 1.54) is 42.4 Å². The molecule has 8 heteroatoms. The van der Waals surface area contributed by atoms with Crippen LogP contribution in [0.5, 0.6) is 0 Å². The molecular formula is C18H22Cl2N2O2S2. The van der Waals surface area contributed by atoms with Gasteiger partial charge < -0.3 is 4.57 Å². The van der Waals surface area contributed by atoms with Crippen LogP contribution in [0.25, 0.3) is 0 Å². The SMILES string of the molecule is Cc1c(C(C)(C)C)s/c(=N\S(=O)(=O)c2ccc(Cl)cc2Cl)n1CC1CC1. The highest BCUT2D eigenvalue weighted by atomic mass is 35.5. The van der Waals surface area contributed by atoms with Crippen molar-refractivity contribution in [1.29, 1.82) is 0 Å². The van der Waals surface area contributed by atoms with Crippen LogP contribution in [0.1, 0.15) is 44.2 Å². The van der Waals surface area contributed by atoms with Crippen molar-refractivity contribution in [1.82, 2.24) is 4.57 Å². The highest BCUT2D eigenvalue weighted by molar-refractivity contribution is 7.90. The van der Waals surface area contributed by atoms with Crippen LogP contribution in [-0.4, -0.2) is 13.0 Å². The molecule has 0 radical (unpaired) electrons. The van der Waals surface area contributed by atoms with Gasteiger partial charge in [-0.15, -0.1) is 15.7 Å². The van der Waals surface area contributed by atoms with Crippen molar-refractivity contribution in [2.24, 2.45) is 10.3 Å². The predicted octanol–water partition coefficient (Wildman–Crippen LogP) is 5.16. The molecule has 1 heterocycles. The van der Waals surface area contributed by atoms with Crippen molar-refractivity contribution >= 4 is 44.6 Å². The molecule has 0 bridgehead atoms. The van der Waals surface area contributed by atoms with E-state index in [1.54, 1.807) is 0 Å². The van der Waals surface area contributed by atoms with Gasteiger partial charge in [0.05, 0.1) is 5.02 Å². The average Bonchev–Trinajstić information content (AvgIpc) is 3.25. The molecule has 1 aliphatic rings. The summed E-state index contributed by atoms with van der Waals surface area (Å²) in [6, 6.07) is 4.33. The number of hydrogen-bond acceptors (Lipinski definition) is 3. The van der Waals surface area contributed by atoms with Crippen molar-refractivity contribution in [3.05, 3.63) is 43.6 Å². The summed E-state index contributed by atoms with van der Waals surface area (Å²) < 4.78 is 31.9. The average molecular weight is 433 g/mol. The lowest BCUT2D eigenvalue weighted by molar-refractivity contribution is 0.562. The molecule has 26 heavy (non-hydrogen) atoms. The fourth-order valence-corrected chi connectivity index (χ4v) is 6.02. The summed E-state index contributed by atoms with van der Waals surface area (Å²) in [5.74, 6) is 0.608. The number of halogens is 2. The van der Waals surface area contributed by atoms with Gasteiger partial charge in [0.2, 0.25) is 4.80 Å². The monoisotopic (exact) mass is 432 g/mol. The van der Waals surface area contributed by atoms with Crippen molar-refractivity contribution in [3.63, 3.8) is 0 Å². The predicted molar refractivity (Wildman–Crippen MR) is 108 cm³/mol. The molecule has 1 aliphatic carbocycles. The van der Waals surface area contributed by atoms with E-state index in [0.29, 0.717) is 15.7 Å². The maximum atomic E-state index is 12.9. The second-order valence-corrected chi connectivity index (χ2v) is 11.1. The number of thiazole rings is 1. The van der Waals surface area contributed by atoms with Crippen molar-refractivity contribution in [2.75, 3.05) is 0 Å². The maximum Gasteiger partial charge on any atom is 0.286 e. The smallest absolute Gasteiger partial charge is 0.286 e. The molecule has 3 rings (SSSR count). The second kappa shape index (κ2) is 6.97. The number of benzene rings is 1. The van der Waals surface area contributed by atoms with Crippen LogP contribution < -0.4 is 4.80 Å². The Labute approximate surface area is 168 Å². The summed E-state index contributed by atoms with van der Waals surface area (Å²) in [7, 11) is -3.92. The highest BCUT2D eigenvalue weighted by Gasteiger charge is 2.28. The summed E-state index contributed by atoms with van der Waals surface area (Å²) in [4.78, 5) is 1.63. The number of rotatable bonds is 4. The Morgan fingerprint density at radius 3 is 2.46 bits per heavy atom. The van der Waals surface area contributed by atoms with Gasteiger partial charge in [0, 0.05) is 22.1 Å². The second-order valence-electron chi connectivity index (χ2n) is 7.74. The number of aromatic nitrogens is 1. The molecular weight excluding hydrogens is 411 g/mol. The first kappa shape index (κ1) is 19.9.